The topological polar surface area (TPSA) is 166 Å². The molecule has 0 aliphatic carbocycles. The zero-order valence-corrected chi connectivity index (χ0v) is 17.6. The molecule has 0 bridgehead atoms. The fourth-order valence-electron chi connectivity index (χ4n) is 3.45. The summed E-state index contributed by atoms with van der Waals surface area (Å²) in [5, 5.41) is 20.3. The highest BCUT2D eigenvalue weighted by atomic mass is 32.2. The van der Waals surface area contributed by atoms with Crippen LogP contribution < -0.4 is 14.4 Å². The van der Waals surface area contributed by atoms with Crippen LogP contribution in [0.15, 0.2) is 47.4 Å². The molecule has 1 fully saturated rings. The lowest BCUT2D eigenvalue weighted by atomic mass is 10.2. The average Bonchev–Trinajstić information content (AvgIpc) is 3.10. The second-order valence-electron chi connectivity index (χ2n) is 7.09. The van der Waals surface area contributed by atoms with Crippen molar-refractivity contribution < 1.29 is 37.4 Å². The number of nitrogens with one attached hydrogen (secondary N) is 1. The van der Waals surface area contributed by atoms with E-state index in [0.717, 1.165) is 9.21 Å². The minimum atomic E-state index is -4.24. The normalized spacial score (nSPS) is 17.6. The maximum Gasteiger partial charge on any atom is 0.417 e. The first-order valence-electron chi connectivity index (χ1n) is 9.49. The number of sulfonamides is 1. The Morgan fingerprint density at radius 2 is 2.03 bits per heavy atom. The number of rotatable bonds is 5. The lowest BCUT2D eigenvalue weighted by Crippen LogP contribution is -2.49. The zero-order valence-electron chi connectivity index (χ0n) is 16.8. The first-order chi connectivity index (χ1) is 15.7. The molecule has 0 aromatic heterocycles. The highest BCUT2D eigenvalue weighted by molar-refractivity contribution is 7.92. The van der Waals surface area contributed by atoms with Crippen LogP contribution in [0.1, 0.15) is 5.56 Å². The summed E-state index contributed by atoms with van der Waals surface area (Å²) in [5.41, 5.74) is 0.288. The van der Waals surface area contributed by atoms with Crippen LogP contribution in [0.5, 0.6) is 5.75 Å². The second kappa shape index (κ2) is 8.32. The van der Waals surface area contributed by atoms with Gasteiger partial charge in [-0.1, -0.05) is 6.07 Å². The fraction of sp³-hybridized carbons (Fsp3) is 0.200. The molecule has 12 nitrogen and oxygen atoms in total. The molecule has 13 heteroatoms. The molecule has 1 atom stereocenters. The summed E-state index contributed by atoms with van der Waals surface area (Å²) in [5.74, 6) is -0.478. The number of amides is 3. The third-order valence-corrected chi connectivity index (χ3v) is 6.70. The van der Waals surface area contributed by atoms with E-state index in [0.29, 0.717) is 0 Å². The summed E-state index contributed by atoms with van der Waals surface area (Å²) in [4.78, 5) is 35.4. The number of imide groups is 1. The molecule has 1 saturated heterocycles. The van der Waals surface area contributed by atoms with Gasteiger partial charge in [0.05, 0.1) is 35.3 Å². The van der Waals surface area contributed by atoms with Crippen molar-refractivity contribution in [1.29, 1.82) is 5.26 Å². The molecule has 0 spiro atoms. The molecule has 1 unspecified atom stereocenters. The quantitative estimate of drug-likeness (QED) is 0.657. The molecule has 0 saturated carbocycles. The number of hydrogen-bond acceptors (Lipinski definition) is 8. The molecule has 170 valence electrons. The van der Waals surface area contributed by atoms with E-state index >= 15 is 0 Å². The van der Waals surface area contributed by atoms with E-state index in [1.54, 1.807) is 0 Å². The van der Waals surface area contributed by atoms with Crippen LogP contribution in [-0.4, -0.2) is 62.3 Å². The number of carbonyl (C=O) groups is 3. The summed E-state index contributed by atoms with van der Waals surface area (Å²) < 4.78 is 38.5. The fourth-order valence-corrected chi connectivity index (χ4v) is 5.00. The summed E-state index contributed by atoms with van der Waals surface area (Å²) in [6, 6.07) is 11.3. The van der Waals surface area contributed by atoms with E-state index in [9.17, 15) is 22.8 Å². The Labute approximate surface area is 187 Å². The van der Waals surface area contributed by atoms with Gasteiger partial charge in [-0.3, -0.25) is 14.4 Å². The smallest absolute Gasteiger partial charge is 0.417 e. The molecular formula is C20H16N4O8S. The molecular weight excluding hydrogens is 456 g/mol. The first kappa shape index (κ1) is 21.9. The average molecular weight is 472 g/mol. The van der Waals surface area contributed by atoms with Crippen molar-refractivity contribution in [2.24, 2.45) is 0 Å². The van der Waals surface area contributed by atoms with Gasteiger partial charge in [-0.25, -0.2) is 22.9 Å². The number of fused-ring (bicyclic) bond motifs is 1. The van der Waals surface area contributed by atoms with Gasteiger partial charge >= 0.3 is 12.2 Å². The molecule has 2 N–H and O–H groups in total. The van der Waals surface area contributed by atoms with Crippen LogP contribution in [0.4, 0.5) is 21.0 Å². The third-order valence-electron chi connectivity index (χ3n) is 4.92. The Kier molecular flexibility index (Phi) is 5.52. The highest BCUT2D eigenvalue weighted by Gasteiger charge is 2.39. The summed E-state index contributed by atoms with van der Waals surface area (Å²) >= 11 is 0. The van der Waals surface area contributed by atoms with E-state index in [2.05, 4.69) is 10.1 Å². The maximum absolute atomic E-state index is 13.5. The van der Waals surface area contributed by atoms with Gasteiger partial charge in [-0.05, 0) is 36.4 Å². The van der Waals surface area contributed by atoms with Gasteiger partial charge in [0.15, 0.2) is 6.61 Å². The molecule has 0 radical (unpaired) electrons. The lowest BCUT2D eigenvalue weighted by Gasteiger charge is -2.36. The van der Waals surface area contributed by atoms with Crippen molar-refractivity contribution in [3.63, 3.8) is 0 Å². The maximum atomic E-state index is 13.5. The van der Waals surface area contributed by atoms with Gasteiger partial charge in [-0.2, -0.15) is 5.26 Å². The van der Waals surface area contributed by atoms with Gasteiger partial charge in [0.25, 0.3) is 15.9 Å². The Balaban J connectivity index is 1.75. The van der Waals surface area contributed by atoms with Gasteiger partial charge in [0.1, 0.15) is 11.9 Å². The first-order valence-corrected chi connectivity index (χ1v) is 10.9. The molecule has 2 heterocycles. The summed E-state index contributed by atoms with van der Waals surface area (Å²) in [6.07, 6.45) is -3.13. The molecule has 3 amide bonds. The number of nitriles is 1. The largest absolute Gasteiger partial charge is 0.484 e. The van der Waals surface area contributed by atoms with Gasteiger partial charge in [0.2, 0.25) is 0 Å². The van der Waals surface area contributed by atoms with Crippen molar-refractivity contribution in [3.05, 3.63) is 48.0 Å². The predicted octanol–water partition coefficient (Wildman–Crippen LogP) is 1.58. The number of benzene rings is 2. The van der Waals surface area contributed by atoms with Crippen molar-refractivity contribution in [3.8, 4) is 11.8 Å². The standard InChI is InChI=1S/C20H16N4O8S/c21-8-12-2-1-3-15(6-12)33(29,30)24-10-14(9-23-18(25)11-31-20(23)28)32-17-5-4-13(7-16(17)24)22-19(26)27/h1-7,14,22H,9-11H2,(H,26,27). The van der Waals surface area contributed by atoms with Crippen LogP contribution in [-0.2, 0) is 19.6 Å². The van der Waals surface area contributed by atoms with Crippen LogP contribution in [0, 0.1) is 11.3 Å². The molecule has 33 heavy (non-hydrogen) atoms. The van der Waals surface area contributed by atoms with Crippen LogP contribution in [0.25, 0.3) is 0 Å². The zero-order chi connectivity index (χ0) is 23.8. The number of anilines is 2. The van der Waals surface area contributed by atoms with Crippen molar-refractivity contribution >= 4 is 39.5 Å². The molecule has 2 aliphatic rings. The second-order valence-corrected chi connectivity index (χ2v) is 8.95. The monoisotopic (exact) mass is 472 g/mol. The van der Waals surface area contributed by atoms with Crippen LogP contribution in [0.3, 0.4) is 0 Å². The summed E-state index contributed by atoms with van der Waals surface area (Å²) in [7, 11) is -4.24. The van der Waals surface area contributed by atoms with Gasteiger partial charge < -0.3 is 14.6 Å². The molecule has 4 rings (SSSR count). The number of hydrogen-bond donors (Lipinski definition) is 2. The van der Waals surface area contributed by atoms with E-state index < -0.39 is 40.8 Å². The number of carboxylic acid groups (broad SMARTS) is 1. The van der Waals surface area contributed by atoms with E-state index in [4.69, 9.17) is 15.1 Å². The number of nitrogens with zero attached hydrogens (tertiary/aromatic N) is 3. The van der Waals surface area contributed by atoms with Crippen LogP contribution >= 0.6 is 0 Å². The number of ether oxygens (including phenoxy) is 2. The Morgan fingerprint density at radius 3 is 2.70 bits per heavy atom. The molecule has 2 aromatic carbocycles. The van der Waals surface area contributed by atoms with E-state index in [1.807, 2.05) is 6.07 Å². The minimum absolute atomic E-state index is 0.0511. The number of cyclic esters (lactones) is 1. The SMILES string of the molecule is N#Cc1cccc(S(=O)(=O)N2CC(CN3C(=O)COC3=O)Oc3ccc(NC(=O)O)cc32)c1. The third kappa shape index (κ3) is 4.23. The lowest BCUT2D eigenvalue weighted by molar-refractivity contribution is -0.126. The van der Waals surface area contributed by atoms with Crippen molar-refractivity contribution in [2.45, 2.75) is 11.0 Å². The van der Waals surface area contributed by atoms with E-state index in [1.165, 1.54) is 42.5 Å². The summed E-state index contributed by atoms with van der Waals surface area (Å²) in [6.45, 7) is -0.953. The Morgan fingerprint density at radius 1 is 1.24 bits per heavy atom. The van der Waals surface area contributed by atoms with Crippen molar-refractivity contribution in [1.82, 2.24) is 4.90 Å². The van der Waals surface area contributed by atoms with Gasteiger partial charge in [-0.15, -0.1) is 0 Å². The highest BCUT2D eigenvalue weighted by Crippen LogP contribution is 2.39. The van der Waals surface area contributed by atoms with Crippen molar-refractivity contribution in [2.75, 3.05) is 29.3 Å². The van der Waals surface area contributed by atoms with E-state index in [-0.39, 0.29) is 40.7 Å². The Hall–Kier alpha value is -4.31. The minimum Gasteiger partial charge on any atom is -0.484 e. The van der Waals surface area contributed by atoms with Gasteiger partial charge in [0, 0.05) is 5.69 Å². The predicted molar refractivity (Wildman–Crippen MR) is 111 cm³/mol. The Bertz CT molecular complexity index is 1290. The molecule has 2 aromatic rings. The molecule has 2 aliphatic heterocycles. The number of carbonyl (C=O) groups excluding carboxylic acids is 2. The van der Waals surface area contributed by atoms with Crippen LogP contribution in [0.2, 0.25) is 0 Å².